The number of nitrogen functional groups attached to an aromatic ring is 1. The molecule has 0 aliphatic carbocycles. The van der Waals surface area contributed by atoms with Crippen molar-refractivity contribution >= 4 is 17.1 Å². The van der Waals surface area contributed by atoms with Crippen LogP contribution in [0.2, 0.25) is 0 Å². The molecule has 0 radical (unpaired) electrons. The van der Waals surface area contributed by atoms with E-state index in [9.17, 15) is 10.2 Å². The van der Waals surface area contributed by atoms with Gasteiger partial charge in [0.2, 0.25) is 11.8 Å². The second-order valence-electron chi connectivity index (χ2n) is 5.17. The minimum atomic E-state index is -0.734. The van der Waals surface area contributed by atoms with Crippen LogP contribution >= 0.6 is 0 Å². The topological polar surface area (TPSA) is 129 Å². The fourth-order valence-corrected chi connectivity index (χ4v) is 2.47. The number of rotatable bonds is 5. The van der Waals surface area contributed by atoms with Crippen molar-refractivity contribution in [3.05, 3.63) is 6.33 Å². The zero-order chi connectivity index (χ0) is 15.7. The highest BCUT2D eigenvalue weighted by molar-refractivity contribution is 5.77. The molecule has 120 valence electrons. The van der Waals surface area contributed by atoms with Gasteiger partial charge in [0.05, 0.1) is 25.6 Å². The van der Waals surface area contributed by atoms with Crippen LogP contribution < -0.4 is 10.5 Å². The first kappa shape index (κ1) is 14.9. The van der Waals surface area contributed by atoms with Crippen molar-refractivity contribution in [2.45, 2.75) is 38.2 Å². The van der Waals surface area contributed by atoms with Gasteiger partial charge in [-0.05, 0) is 6.42 Å². The Labute approximate surface area is 126 Å². The lowest BCUT2D eigenvalue weighted by Crippen LogP contribution is -2.24. The van der Waals surface area contributed by atoms with E-state index in [1.807, 2.05) is 6.92 Å². The Balaban J connectivity index is 1.96. The van der Waals surface area contributed by atoms with E-state index >= 15 is 0 Å². The Hall–Kier alpha value is -1.97. The third-order valence-corrected chi connectivity index (χ3v) is 3.54. The predicted octanol–water partition coefficient (Wildman–Crippen LogP) is -0.162. The number of anilines is 1. The maximum absolute atomic E-state index is 9.85. The monoisotopic (exact) mass is 309 g/mol. The van der Waals surface area contributed by atoms with Gasteiger partial charge in [-0.2, -0.15) is 9.97 Å². The average molecular weight is 309 g/mol. The summed E-state index contributed by atoms with van der Waals surface area (Å²) in [6.45, 7) is 2.25. The van der Waals surface area contributed by atoms with E-state index in [1.165, 1.54) is 0 Å². The van der Waals surface area contributed by atoms with Crippen LogP contribution in [0.15, 0.2) is 6.33 Å². The Kier molecular flexibility index (Phi) is 4.10. The standard InChI is InChI=1S/C13H19N5O4/c1-2-3-21-12-10-11(16-13(14)17-12)18(6-15-10)9-4-7(20)8(5-19)22-9/h6-9,19-20H,2-5H2,1H3,(H2,14,16,17)/t7-,8+,9+/m0/s1. The molecular formula is C13H19N5O4. The van der Waals surface area contributed by atoms with Crippen molar-refractivity contribution < 1.29 is 19.7 Å². The van der Waals surface area contributed by atoms with Gasteiger partial charge in [-0.15, -0.1) is 0 Å². The minimum absolute atomic E-state index is 0.0811. The highest BCUT2D eigenvalue weighted by Crippen LogP contribution is 2.32. The molecule has 4 N–H and O–H groups in total. The molecule has 2 aromatic rings. The Morgan fingerprint density at radius 1 is 1.50 bits per heavy atom. The van der Waals surface area contributed by atoms with Crippen LogP contribution in [0.4, 0.5) is 5.95 Å². The van der Waals surface area contributed by atoms with Crippen molar-refractivity contribution in [2.24, 2.45) is 0 Å². The second kappa shape index (κ2) is 6.03. The van der Waals surface area contributed by atoms with Crippen molar-refractivity contribution in [1.82, 2.24) is 19.5 Å². The molecule has 3 heterocycles. The summed E-state index contributed by atoms with van der Waals surface area (Å²) in [5.41, 5.74) is 6.71. The van der Waals surface area contributed by atoms with Gasteiger partial charge in [-0.1, -0.05) is 6.92 Å². The maximum Gasteiger partial charge on any atom is 0.247 e. The van der Waals surface area contributed by atoms with Gasteiger partial charge in [0, 0.05) is 6.42 Å². The van der Waals surface area contributed by atoms with Gasteiger partial charge < -0.3 is 25.4 Å². The first-order valence-electron chi connectivity index (χ1n) is 7.21. The number of fused-ring (bicyclic) bond motifs is 1. The van der Waals surface area contributed by atoms with E-state index < -0.39 is 18.4 Å². The van der Waals surface area contributed by atoms with Crippen molar-refractivity contribution in [3.8, 4) is 5.88 Å². The fourth-order valence-electron chi connectivity index (χ4n) is 2.47. The quantitative estimate of drug-likeness (QED) is 0.695. The van der Waals surface area contributed by atoms with E-state index in [4.69, 9.17) is 15.2 Å². The SMILES string of the molecule is CCCOc1nc(N)nc2c1ncn2[C@H]1C[C@H](O)[C@@H](CO)O1. The van der Waals surface area contributed by atoms with Gasteiger partial charge in [-0.3, -0.25) is 4.57 Å². The molecule has 0 amide bonds. The van der Waals surface area contributed by atoms with Gasteiger partial charge in [-0.25, -0.2) is 4.98 Å². The maximum atomic E-state index is 9.85. The molecule has 1 aliphatic rings. The van der Waals surface area contributed by atoms with Gasteiger partial charge >= 0.3 is 0 Å². The lowest BCUT2D eigenvalue weighted by Gasteiger charge is -2.14. The molecule has 1 aliphatic heterocycles. The molecular weight excluding hydrogens is 290 g/mol. The van der Waals surface area contributed by atoms with Crippen LogP contribution in [-0.4, -0.2) is 55.2 Å². The molecule has 1 saturated heterocycles. The Morgan fingerprint density at radius 2 is 2.32 bits per heavy atom. The Morgan fingerprint density at radius 3 is 3.00 bits per heavy atom. The molecule has 22 heavy (non-hydrogen) atoms. The molecule has 0 saturated carbocycles. The third kappa shape index (κ3) is 2.58. The van der Waals surface area contributed by atoms with E-state index in [2.05, 4.69) is 15.0 Å². The summed E-state index contributed by atoms with van der Waals surface area (Å²) in [4.78, 5) is 12.5. The van der Waals surface area contributed by atoms with Crippen molar-refractivity contribution in [1.29, 1.82) is 0 Å². The first-order chi connectivity index (χ1) is 10.6. The molecule has 0 bridgehead atoms. The first-order valence-corrected chi connectivity index (χ1v) is 7.21. The number of ether oxygens (including phenoxy) is 2. The highest BCUT2D eigenvalue weighted by atomic mass is 16.5. The number of hydrogen-bond donors (Lipinski definition) is 3. The van der Waals surface area contributed by atoms with E-state index in [0.29, 0.717) is 30.1 Å². The number of aliphatic hydroxyl groups excluding tert-OH is 2. The molecule has 0 spiro atoms. The van der Waals surface area contributed by atoms with Crippen LogP contribution in [0.25, 0.3) is 11.2 Å². The molecule has 3 atom stereocenters. The van der Waals surface area contributed by atoms with Gasteiger partial charge in [0.25, 0.3) is 0 Å². The van der Waals surface area contributed by atoms with Gasteiger partial charge in [0.1, 0.15) is 12.3 Å². The molecule has 0 aromatic carbocycles. The summed E-state index contributed by atoms with van der Waals surface area (Å²) in [5, 5.41) is 19.0. The molecule has 9 heteroatoms. The number of imidazole rings is 1. The summed E-state index contributed by atoms with van der Waals surface area (Å²) < 4.78 is 12.8. The highest BCUT2D eigenvalue weighted by Gasteiger charge is 2.35. The van der Waals surface area contributed by atoms with Crippen LogP contribution in [-0.2, 0) is 4.74 Å². The van der Waals surface area contributed by atoms with E-state index in [0.717, 1.165) is 6.42 Å². The minimum Gasteiger partial charge on any atom is -0.476 e. The van der Waals surface area contributed by atoms with E-state index in [1.54, 1.807) is 10.9 Å². The second-order valence-corrected chi connectivity index (χ2v) is 5.17. The van der Waals surface area contributed by atoms with Crippen LogP contribution in [0, 0.1) is 0 Å². The number of nitrogens with zero attached hydrogens (tertiary/aromatic N) is 4. The van der Waals surface area contributed by atoms with Crippen LogP contribution in [0.5, 0.6) is 5.88 Å². The normalized spacial score (nSPS) is 25.0. The smallest absolute Gasteiger partial charge is 0.247 e. The van der Waals surface area contributed by atoms with Crippen molar-refractivity contribution in [3.63, 3.8) is 0 Å². The number of nitrogens with two attached hydrogens (primary N) is 1. The zero-order valence-corrected chi connectivity index (χ0v) is 12.2. The predicted molar refractivity (Wildman–Crippen MR) is 77.1 cm³/mol. The largest absolute Gasteiger partial charge is 0.476 e. The summed E-state index contributed by atoms with van der Waals surface area (Å²) in [6, 6.07) is 0. The summed E-state index contributed by atoms with van der Waals surface area (Å²) in [5.74, 6) is 0.415. The average Bonchev–Trinajstić information content (AvgIpc) is 3.07. The number of hydrogen-bond acceptors (Lipinski definition) is 8. The fraction of sp³-hybridized carbons (Fsp3) is 0.615. The lowest BCUT2D eigenvalue weighted by molar-refractivity contribution is -0.0432. The molecule has 9 nitrogen and oxygen atoms in total. The van der Waals surface area contributed by atoms with Crippen LogP contribution in [0.1, 0.15) is 26.0 Å². The summed E-state index contributed by atoms with van der Waals surface area (Å²) in [7, 11) is 0. The van der Waals surface area contributed by atoms with Gasteiger partial charge in [0.15, 0.2) is 11.2 Å². The molecule has 1 fully saturated rings. The van der Waals surface area contributed by atoms with E-state index in [-0.39, 0.29) is 12.6 Å². The number of aromatic nitrogens is 4. The third-order valence-electron chi connectivity index (χ3n) is 3.54. The molecule has 3 rings (SSSR count). The lowest BCUT2D eigenvalue weighted by atomic mass is 10.2. The Bertz CT molecular complexity index is 661. The molecule has 2 aromatic heterocycles. The summed E-state index contributed by atoms with van der Waals surface area (Å²) in [6.07, 6.45) is 0.910. The van der Waals surface area contributed by atoms with Crippen LogP contribution in [0.3, 0.4) is 0 Å². The summed E-state index contributed by atoms with van der Waals surface area (Å²) >= 11 is 0. The zero-order valence-electron chi connectivity index (χ0n) is 12.2. The van der Waals surface area contributed by atoms with Crippen molar-refractivity contribution in [2.75, 3.05) is 18.9 Å². The molecule has 0 unspecified atom stereocenters. The number of aliphatic hydroxyl groups is 2.